The molecule has 0 aromatic heterocycles. The fourth-order valence-electron chi connectivity index (χ4n) is 1.18. The van der Waals surface area contributed by atoms with E-state index in [1.165, 1.54) is 11.8 Å². The minimum absolute atomic E-state index is 0.258. The highest BCUT2D eigenvalue weighted by Crippen LogP contribution is 2.27. The lowest BCUT2D eigenvalue weighted by molar-refractivity contribution is 0.129. The molecule has 2 rings (SSSR count). The van der Waals surface area contributed by atoms with Crippen LogP contribution in [0, 0.1) is 0 Å². The summed E-state index contributed by atoms with van der Waals surface area (Å²) in [7, 11) is 0. The molecule has 0 amide bonds. The minimum atomic E-state index is -0.632. The number of alkyl halides is 1. The van der Waals surface area contributed by atoms with Crippen LogP contribution in [0.2, 0.25) is 0 Å². The van der Waals surface area contributed by atoms with Crippen LogP contribution >= 0.6 is 11.8 Å². The van der Waals surface area contributed by atoms with Gasteiger partial charge in [-0.15, -0.1) is 0 Å². The lowest BCUT2D eigenvalue weighted by atomic mass is 10.2. The highest BCUT2D eigenvalue weighted by atomic mass is 32.2. The Hall–Kier alpha value is -1.23. The summed E-state index contributed by atoms with van der Waals surface area (Å²) in [5, 5.41) is 0. The fourth-order valence-corrected chi connectivity index (χ4v) is 2.04. The van der Waals surface area contributed by atoms with Crippen molar-refractivity contribution in [2.24, 2.45) is 0 Å². The summed E-state index contributed by atoms with van der Waals surface area (Å²) in [5.74, 6) is 0. The first-order valence-electron chi connectivity index (χ1n) is 4.43. The summed E-state index contributed by atoms with van der Waals surface area (Å²) in [5.41, 5.74) is 0.341. The summed E-state index contributed by atoms with van der Waals surface area (Å²) in [4.78, 5) is 11.6. The normalized spacial score (nSPS) is 19.8. The van der Waals surface area contributed by atoms with Crippen molar-refractivity contribution in [3.8, 4) is 0 Å². The molecule has 0 spiro atoms. The maximum absolute atomic E-state index is 12.2. The van der Waals surface area contributed by atoms with Crippen LogP contribution in [0.15, 0.2) is 29.2 Å². The Labute approximate surface area is 90.6 Å². The molecule has 0 saturated carbocycles. The maximum atomic E-state index is 12.2. The maximum Gasteiger partial charge on any atom is 0.509 e. The van der Waals surface area contributed by atoms with Gasteiger partial charge in [-0.05, 0) is 17.7 Å². The van der Waals surface area contributed by atoms with Crippen molar-refractivity contribution >= 4 is 17.9 Å². The van der Waals surface area contributed by atoms with Crippen molar-refractivity contribution < 1.29 is 18.7 Å². The van der Waals surface area contributed by atoms with E-state index in [9.17, 15) is 9.18 Å². The molecule has 1 aromatic carbocycles. The molecule has 5 heteroatoms. The summed E-state index contributed by atoms with van der Waals surface area (Å²) < 4.78 is 21.7. The van der Waals surface area contributed by atoms with Crippen LogP contribution in [0.5, 0.6) is 0 Å². The summed E-state index contributed by atoms with van der Waals surface area (Å²) in [6.07, 6.45) is -0.632. The van der Waals surface area contributed by atoms with E-state index in [0.29, 0.717) is 5.56 Å². The van der Waals surface area contributed by atoms with Crippen molar-refractivity contribution in [3.05, 3.63) is 29.8 Å². The molecule has 0 N–H and O–H groups in total. The van der Waals surface area contributed by atoms with Crippen LogP contribution in [0.25, 0.3) is 0 Å². The summed E-state index contributed by atoms with van der Waals surface area (Å²) in [6, 6.07) is 7.01. The molecule has 1 unspecified atom stereocenters. The number of hydrogen-bond donors (Lipinski definition) is 0. The average molecular weight is 228 g/mol. The number of halogens is 1. The lowest BCUT2D eigenvalue weighted by Gasteiger charge is -2.05. The van der Waals surface area contributed by atoms with Crippen LogP contribution in [-0.2, 0) is 16.1 Å². The molecular formula is C10H9FO3S. The molecule has 1 aliphatic rings. The van der Waals surface area contributed by atoms with Gasteiger partial charge in [0.25, 0.3) is 0 Å². The van der Waals surface area contributed by atoms with Gasteiger partial charge >= 0.3 is 6.16 Å². The van der Waals surface area contributed by atoms with Gasteiger partial charge in [0.1, 0.15) is 13.3 Å². The van der Waals surface area contributed by atoms with Crippen molar-refractivity contribution in [1.29, 1.82) is 0 Å². The first-order valence-corrected chi connectivity index (χ1v) is 5.31. The van der Waals surface area contributed by atoms with E-state index in [2.05, 4.69) is 4.74 Å². The molecule has 1 heterocycles. The van der Waals surface area contributed by atoms with E-state index in [0.717, 1.165) is 4.90 Å². The highest BCUT2D eigenvalue weighted by molar-refractivity contribution is 7.99. The minimum Gasteiger partial charge on any atom is -0.429 e. The van der Waals surface area contributed by atoms with E-state index < -0.39 is 12.8 Å². The predicted octanol–water partition coefficient (Wildman–Crippen LogP) is 2.74. The largest absolute Gasteiger partial charge is 0.509 e. The molecule has 1 fully saturated rings. The standard InChI is InChI=1S/C10H9FO3S/c11-5-7-1-3-8(4-2-7)15-9-6-13-10(12)14-9/h1-4,9H,5-6H2. The number of hydrogen-bond acceptors (Lipinski definition) is 4. The van der Waals surface area contributed by atoms with Gasteiger partial charge in [0.15, 0.2) is 5.44 Å². The SMILES string of the molecule is O=C1OCC(Sc2ccc(CF)cc2)O1. The predicted molar refractivity (Wildman–Crippen MR) is 53.3 cm³/mol. The number of carbonyl (C=O) groups excluding carboxylic acids is 1. The molecule has 15 heavy (non-hydrogen) atoms. The van der Waals surface area contributed by atoms with Crippen LogP contribution in [0.4, 0.5) is 9.18 Å². The zero-order valence-corrected chi connectivity index (χ0v) is 8.63. The number of benzene rings is 1. The number of cyclic esters (lactones) is 2. The zero-order valence-electron chi connectivity index (χ0n) is 7.81. The number of carbonyl (C=O) groups is 1. The molecule has 1 atom stereocenters. The van der Waals surface area contributed by atoms with Gasteiger partial charge in [0.05, 0.1) is 0 Å². The molecule has 0 radical (unpaired) electrons. The highest BCUT2D eigenvalue weighted by Gasteiger charge is 2.25. The molecule has 1 aliphatic heterocycles. The Kier molecular flexibility index (Phi) is 3.11. The van der Waals surface area contributed by atoms with E-state index in [4.69, 9.17) is 4.74 Å². The number of thioether (sulfide) groups is 1. The van der Waals surface area contributed by atoms with Crippen molar-refractivity contribution in [2.75, 3.05) is 6.61 Å². The van der Waals surface area contributed by atoms with Crippen LogP contribution in [-0.4, -0.2) is 18.2 Å². The lowest BCUT2D eigenvalue weighted by Crippen LogP contribution is -2.03. The molecule has 3 nitrogen and oxygen atoms in total. The number of rotatable bonds is 3. The van der Waals surface area contributed by atoms with E-state index in [1.807, 2.05) is 0 Å². The molecule has 80 valence electrons. The smallest absolute Gasteiger partial charge is 0.429 e. The Bertz CT molecular complexity index is 352. The van der Waals surface area contributed by atoms with Crippen molar-refractivity contribution in [3.63, 3.8) is 0 Å². The third-order valence-electron chi connectivity index (χ3n) is 1.91. The van der Waals surface area contributed by atoms with Crippen LogP contribution < -0.4 is 0 Å². The van der Waals surface area contributed by atoms with Gasteiger partial charge in [0.2, 0.25) is 0 Å². The van der Waals surface area contributed by atoms with Crippen LogP contribution in [0.3, 0.4) is 0 Å². The van der Waals surface area contributed by atoms with Crippen molar-refractivity contribution in [1.82, 2.24) is 0 Å². The quantitative estimate of drug-likeness (QED) is 0.745. The van der Waals surface area contributed by atoms with Gasteiger partial charge in [-0.3, -0.25) is 0 Å². The Balaban J connectivity index is 1.96. The molecule has 0 bridgehead atoms. The van der Waals surface area contributed by atoms with Gasteiger partial charge < -0.3 is 9.47 Å². The van der Waals surface area contributed by atoms with Crippen molar-refractivity contribution in [2.45, 2.75) is 17.0 Å². The molecule has 0 aliphatic carbocycles. The molecular weight excluding hydrogens is 219 g/mol. The Morgan fingerprint density at radius 3 is 2.67 bits per heavy atom. The second-order valence-corrected chi connectivity index (χ2v) is 4.24. The Morgan fingerprint density at radius 1 is 1.40 bits per heavy atom. The second kappa shape index (κ2) is 4.53. The van der Waals surface area contributed by atoms with Gasteiger partial charge in [-0.1, -0.05) is 23.9 Å². The van der Waals surface area contributed by atoms with Gasteiger partial charge in [-0.25, -0.2) is 9.18 Å². The monoisotopic (exact) mass is 228 g/mol. The van der Waals surface area contributed by atoms with Gasteiger partial charge in [-0.2, -0.15) is 0 Å². The van der Waals surface area contributed by atoms with E-state index >= 15 is 0 Å². The fraction of sp³-hybridized carbons (Fsp3) is 0.300. The number of ether oxygens (including phenoxy) is 2. The van der Waals surface area contributed by atoms with Gasteiger partial charge in [0, 0.05) is 4.90 Å². The third-order valence-corrected chi connectivity index (χ3v) is 2.95. The molecule has 1 aromatic rings. The third kappa shape index (κ3) is 2.62. The summed E-state index contributed by atoms with van der Waals surface area (Å²) >= 11 is 1.38. The first kappa shape index (κ1) is 10.3. The second-order valence-electron chi connectivity index (χ2n) is 3.00. The van der Waals surface area contributed by atoms with Crippen LogP contribution in [0.1, 0.15) is 5.56 Å². The zero-order chi connectivity index (χ0) is 10.7. The average Bonchev–Trinajstić information content (AvgIpc) is 2.65. The Morgan fingerprint density at radius 2 is 2.13 bits per heavy atom. The topological polar surface area (TPSA) is 35.5 Å². The van der Waals surface area contributed by atoms with E-state index in [1.54, 1.807) is 24.3 Å². The first-order chi connectivity index (χ1) is 7.28. The summed E-state index contributed by atoms with van der Waals surface area (Å²) in [6.45, 7) is -0.208. The molecule has 1 saturated heterocycles. The van der Waals surface area contributed by atoms with E-state index in [-0.39, 0.29) is 12.0 Å².